The number of benzene rings is 2. The van der Waals surface area contributed by atoms with Crippen molar-refractivity contribution < 1.29 is 4.39 Å². The second-order valence-corrected chi connectivity index (χ2v) is 5.19. The molecule has 0 saturated carbocycles. The fraction of sp³-hybridized carbons (Fsp3) is 0.0625. The molecule has 6 heteroatoms. The maximum atomic E-state index is 13.9. The van der Waals surface area contributed by atoms with E-state index >= 15 is 0 Å². The highest BCUT2D eigenvalue weighted by atomic mass is 32.1. The maximum Gasteiger partial charge on any atom is 0.216 e. The van der Waals surface area contributed by atoms with Crippen molar-refractivity contribution in [1.29, 1.82) is 0 Å². The monoisotopic (exact) mass is 312 g/mol. The van der Waals surface area contributed by atoms with Gasteiger partial charge >= 0.3 is 0 Å². The van der Waals surface area contributed by atoms with Gasteiger partial charge in [0.05, 0.1) is 11.8 Å². The normalized spacial score (nSPS) is 11.2. The van der Waals surface area contributed by atoms with E-state index in [9.17, 15) is 4.39 Å². The van der Waals surface area contributed by atoms with E-state index in [1.54, 1.807) is 24.4 Å². The lowest BCUT2D eigenvalue weighted by molar-refractivity contribution is 0.628. The molecule has 4 nitrogen and oxygen atoms in total. The van der Waals surface area contributed by atoms with E-state index in [2.05, 4.69) is 15.3 Å². The third-order valence-electron chi connectivity index (χ3n) is 3.13. The van der Waals surface area contributed by atoms with Crippen molar-refractivity contribution >= 4 is 18.4 Å². The third kappa shape index (κ3) is 2.87. The van der Waals surface area contributed by atoms with Crippen molar-refractivity contribution in [3.8, 4) is 11.4 Å². The molecule has 0 spiro atoms. The number of nitrogens with zero attached hydrogens (tertiary/aromatic N) is 3. The average Bonchev–Trinajstić information content (AvgIpc) is 2.87. The first-order chi connectivity index (χ1) is 10.6. The number of nitrogens with one attached hydrogen (secondary N) is 1. The molecule has 0 saturated heterocycles. The van der Waals surface area contributed by atoms with Gasteiger partial charge in [0.25, 0.3) is 0 Å². The van der Waals surface area contributed by atoms with Crippen molar-refractivity contribution in [2.75, 3.05) is 0 Å². The van der Waals surface area contributed by atoms with E-state index in [0.29, 0.717) is 16.2 Å². The Morgan fingerprint density at radius 2 is 2.05 bits per heavy atom. The van der Waals surface area contributed by atoms with Crippen molar-refractivity contribution in [2.45, 2.75) is 6.92 Å². The highest BCUT2D eigenvalue weighted by molar-refractivity contribution is 7.71. The van der Waals surface area contributed by atoms with Crippen LogP contribution < -0.4 is 0 Å². The van der Waals surface area contributed by atoms with E-state index in [1.807, 2.05) is 31.2 Å². The molecular weight excluding hydrogens is 299 g/mol. The fourth-order valence-electron chi connectivity index (χ4n) is 2.09. The average molecular weight is 312 g/mol. The molecule has 1 N–H and O–H groups in total. The maximum absolute atomic E-state index is 13.9. The Hall–Kier alpha value is -2.60. The van der Waals surface area contributed by atoms with Crippen LogP contribution in [0.1, 0.15) is 11.1 Å². The Labute approximate surface area is 131 Å². The minimum Gasteiger partial charge on any atom is -0.250 e. The fourth-order valence-corrected chi connectivity index (χ4v) is 2.27. The largest absolute Gasteiger partial charge is 0.250 e. The Balaban J connectivity index is 2.04. The van der Waals surface area contributed by atoms with Crippen LogP contribution in [0.5, 0.6) is 0 Å². The topological polar surface area (TPSA) is 46.0 Å². The number of rotatable bonds is 3. The highest BCUT2D eigenvalue weighted by Gasteiger charge is 2.12. The van der Waals surface area contributed by atoms with Gasteiger partial charge in [-0.2, -0.15) is 14.9 Å². The highest BCUT2D eigenvalue weighted by Crippen LogP contribution is 2.20. The molecular formula is C16H13FN4S. The molecule has 0 fully saturated rings. The summed E-state index contributed by atoms with van der Waals surface area (Å²) in [5, 5.41) is 11.0. The molecule has 2 aromatic carbocycles. The minimum absolute atomic E-state index is 0.308. The van der Waals surface area contributed by atoms with Gasteiger partial charge in [0, 0.05) is 0 Å². The van der Waals surface area contributed by atoms with Gasteiger partial charge in [-0.3, -0.25) is 0 Å². The summed E-state index contributed by atoms with van der Waals surface area (Å²) in [7, 11) is 0. The predicted molar refractivity (Wildman–Crippen MR) is 87.0 cm³/mol. The molecule has 3 rings (SSSR count). The van der Waals surface area contributed by atoms with Gasteiger partial charge in [0.15, 0.2) is 5.82 Å². The number of H-pyrrole nitrogens is 1. The summed E-state index contributed by atoms with van der Waals surface area (Å²) in [5.41, 5.74) is 2.41. The molecule has 0 radical (unpaired) electrons. The standard InChI is InChI=1S/C16H13FN4S/c1-11-5-4-6-12(9-11)10-18-21-15(19-20-16(21)22)13-7-2-3-8-14(13)17/h2-10H,1H3,(H,20,22). The van der Waals surface area contributed by atoms with Crippen molar-refractivity contribution in [3.05, 3.63) is 70.2 Å². The zero-order chi connectivity index (χ0) is 15.5. The van der Waals surface area contributed by atoms with E-state index in [4.69, 9.17) is 12.2 Å². The van der Waals surface area contributed by atoms with Gasteiger partial charge in [0.1, 0.15) is 5.82 Å². The van der Waals surface area contributed by atoms with Crippen molar-refractivity contribution in [1.82, 2.24) is 14.9 Å². The van der Waals surface area contributed by atoms with Gasteiger partial charge in [-0.05, 0) is 36.8 Å². The first-order valence-corrected chi connectivity index (χ1v) is 7.09. The van der Waals surface area contributed by atoms with Gasteiger partial charge in [-0.15, -0.1) is 0 Å². The number of aromatic nitrogens is 3. The molecule has 1 aromatic heterocycles. The van der Waals surface area contributed by atoms with Crippen LogP contribution in [0.4, 0.5) is 4.39 Å². The lowest BCUT2D eigenvalue weighted by atomic mass is 10.2. The molecule has 3 aromatic rings. The molecule has 0 amide bonds. The van der Waals surface area contributed by atoms with E-state index in [0.717, 1.165) is 11.1 Å². The summed E-state index contributed by atoms with van der Waals surface area (Å²) in [6.45, 7) is 2.01. The van der Waals surface area contributed by atoms with Gasteiger partial charge in [0.2, 0.25) is 4.77 Å². The molecule has 0 aliphatic heterocycles. The Morgan fingerprint density at radius 1 is 1.23 bits per heavy atom. The van der Waals surface area contributed by atoms with Crippen LogP contribution >= 0.6 is 12.2 Å². The number of hydrogen-bond acceptors (Lipinski definition) is 3. The van der Waals surface area contributed by atoms with Crippen LogP contribution in [0, 0.1) is 17.5 Å². The van der Waals surface area contributed by atoms with Gasteiger partial charge < -0.3 is 0 Å². The zero-order valence-corrected chi connectivity index (χ0v) is 12.6. The first-order valence-electron chi connectivity index (χ1n) is 6.68. The third-order valence-corrected chi connectivity index (χ3v) is 3.39. The second-order valence-electron chi connectivity index (χ2n) is 4.80. The predicted octanol–water partition coefficient (Wildman–Crippen LogP) is 3.94. The number of aryl methyl sites for hydroxylation is 1. The van der Waals surface area contributed by atoms with E-state index in [-0.39, 0.29) is 5.82 Å². The lowest BCUT2D eigenvalue weighted by Crippen LogP contribution is -1.96. The molecule has 22 heavy (non-hydrogen) atoms. The van der Waals surface area contributed by atoms with E-state index in [1.165, 1.54) is 10.7 Å². The summed E-state index contributed by atoms with van der Waals surface area (Å²) in [5.74, 6) is -0.0319. The summed E-state index contributed by atoms with van der Waals surface area (Å²) < 4.78 is 15.6. The Bertz CT molecular complexity index is 895. The smallest absolute Gasteiger partial charge is 0.216 e. The quantitative estimate of drug-likeness (QED) is 0.588. The summed E-state index contributed by atoms with van der Waals surface area (Å²) in [6, 6.07) is 14.3. The van der Waals surface area contributed by atoms with Crippen LogP contribution in [0.15, 0.2) is 53.6 Å². The van der Waals surface area contributed by atoms with Gasteiger partial charge in [-0.1, -0.05) is 42.0 Å². The summed E-state index contributed by atoms with van der Waals surface area (Å²) in [4.78, 5) is 0. The summed E-state index contributed by atoms with van der Waals surface area (Å²) in [6.07, 6.45) is 1.67. The van der Waals surface area contributed by atoms with Crippen molar-refractivity contribution in [3.63, 3.8) is 0 Å². The van der Waals surface area contributed by atoms with Crippen LogP contribution in [0.3, 0.4) is 0 Å². The number of hydrogen-bond donors (Lipinski definition) is 1. The summed E-state index contributed by atoms with van der Waals surface area (Å²) >= 11 is 5.17. The minimum atomic E-state index is -0.372. The molecule has 0 unspecified atom stereocenters. The molecule has 0 aliphatic rings. The zero-order valence-electron chi connectivity index (χ0n) is 11.8. The van der Waals surface area contributed by atoms with Gasteiger partial charge in [-0.25, -0.2) is 9.49 Å². The Kier molecular flexibility index (Phi) is 3.93. The van der Waals surface area contributed by atoms with Crippen LogP contribution in [0.25, 0.3) is 11.4 Å². The number of aromatic amines is 1. The molecule has 0 aliphatic carbocycles. The molecule has 110 valence electrons. The lowest BCUT2D eigenvalue weighted by Gasteiger charge is -2.02. The Morgan fingerprint density at radius 3 is 2.82 bits per heavy atom. The molecule has 1 heterocycles. The second kappa shape index (κ2) is 6.03. The van der Waals surface area contributed by atoms with E-state index < -0.39 is 0 Å². The van der Waals surface area contributed by atoms with Crippen molar-refractivity contribution in [2.24, 2.45) is 5.10 Å². The van der Waals surface area contributed by atoms with Crippen LogP contribution in [0.2, 0.25) is 0 Å². The number of halogens is 1. The first kappa shape index (κ1) is 14.3. The SMILES string of the molecule is Cc1cccc(C=Nn2c(-c3ccccc3F)n[nH]c2=S)c1. The molecule has 0 bridgehead atoms. The molecule has 0 atom stereocenters. The van der Waals surface area contributed by atoms with Crippen LogP contribution in [-0.2, 0) is 0 Å². The van der Waals surface area contributed by atoms with Crippen LogP contribution in [-0.4, -0.2) is 21.1 Å².